The molecule has 0 saturated heterocycles. The lowest BCUT2D eigenvalue weighted by Crippen LogP contribution is -2.31. The second kappa shape index (κ2) is 8.62. The second-order valence-electron chi connectivity index (χ2n) is 5.35. The van der Waals surface area contributed by atoms with Crippen molar-refractivity contribution in [3.8, 4) is 5.75 Å². The van der Waals surface area contributed by atoms with Crippen LogP contribution in [0.3, 0.4) is 0 Å². The molecule has 5 nitrogen and oxygen atoms in total. The molecular formula is C18H17BrFNO4. The van der Waals surface area contributed by atoms with Gasteiger partial charge >= 0.3 is 5.97 Å². The van der Waals surface area contributed by atoms with Gasteiger partial charge in [0, 0.05) is 5.69 Å². The van der Waals surface area contributed by atoms with Gasteiger partial charge in [0.1, 0.15) is 11.6 Å². The highest BCUT2D eigenvalue weighted by Gasteiger charge is 2.18. The summed E-state index contributed by atoms with van der Waals surface area (Å²) in [6, 6.07) is 10.7. The van der Waals surface area contributed by atoms with E-state index in [4.69, 9.17) is 9.47 Å². The first-order valence-electron chi connectivity index (χ1n) is 7.50. The summed E-state index contributed by atoms with van der Waals surface area (Å²) >= 11 is 3.35. The van der Waals surface area contributed by atoms with E-state index < -0.39 is 23.8 Å². The molecule has 0 aliphatic carbocycles. The highest BCUT2D eigenvalue weighted by Crippen LogP contribution is 2.25. The van der Waals surface area contributed by atoms with Crippen LogP contribution in [0.15, 0.2) is 46.9 Å². The summed E-state index contributed by atoms with van der Waals surface area (Å²) in [5.41, 5.74) is 1.46. The van der Waals surface area contributed by atoms with E-state index in [0.29, 0.717) is 11.4 Å². The SMILES string of the molecule is Cc1ccc(OCC(=O)O[C@@H](C)C(=O)Nc2ccc(F)cc2)c(Br)c1. The van der Waals surface area contributed by atoms with Crippen LogP contribution in [-0.4, -0.2) is 24.6 Å². The van der Waals surface area contributed by atoms with Crippen molar-refractivity contribution < 1.29 is 23.5 Å². The smallest absolute Gasteiger partial charge is 0.344 e. The fourth-order valence-electron chi connectivity index (χ4n) is 1.92. The number of amides is 1. The molecule has 2 aromatic rings. The van der Waals surface area contributed by atoms with Crippen LogP contribution in [-0.2, 0) is 14.3 Å². The zero-order valence-electron chi connectivity index (χ0n) is 13.7. The molecule has 0 spiro atoms. The van der Waals surface area contributed by atoms with Crippen LogP contribution in [0.1, 0.15) is 12.5 Å². The summed E-state index contributed by atoms with van der Waals surface area (Å²) in [5, 5.41) is 2.53. The molecule has 1 N–H and O–H groups in total. The fourth-order valence-corrected chi connectivity index (χ4v) is 2.53. The first kappa shape index (κ1) is 18.9. The quantitative estimate of drug-likeness (QED) is 0.735. The molecule has 1 amide bonds. The van der Waals surface area contributed by atoms with Gasteiger partial charge < -0.3 is 14.8 Å². The second-order valence-corrected chi connectivity index (χ2v) is 6.21. The highest BCUT2D eigenvalue weighted by atomic mass is 79.9. The van der Waals surface area contributed by atoms with E-state index in [1.54, 1.807) is 6.07 Å². The number of nitrogens with one attached hydrogen (secondary N) is 1. The van der Waals surface area contributed by atoms with Crippen LogP contribution in [0, 0.1) is 12.7 Å². The molecule has 1 atom stereocenters. The number of esters is 1. The Bertz CT molecular complexity index is 764. The molecule has 0 fully saturated rings. The molecule has 0 aromatic heterocycles. The molecule has 7 heteroatoms. The molecule has 0 aliphatic heterocycles. The highest BCUT2D eigenvalue weighted by molar-refractivity contribution is 9.10. The van der Waals surface area contributed by atoms with Crippen LogP contribution in [0.2, 0.25) is 0 Å². The molecule has 0 bridgehead atoms. The van der Waals surface area contributed by atoms with Crippen molar-refractivity contribution >= 4 is 33.5 Å². The van der Waals surface area contributed by atoms with Gasteiger partial charge in [0.15, 0.2) is 12.7 Å². The summed E-state index contributed by atoms with van der Waals surface area (Å²) < 4.78 is 24.0. The van der Waals surface area contributed by atoms with Crippen LogP contribution < -0.4 is 10.1 Å². The molecule has 0 radical (unpaired) electrons. The number of ether oxygens (including phenoxy) is 2. The predicted molar refractivity (Wildman–Crippen MR) is 95.0 cm³/mol. The first-order chi connectivity index (χ1) is 11.8. The van der Waals surface area contributed by atoms with Gasteiger partial charge in [0.25, 0.3) is 5.91 Å². The number of carbonyl (C=O) groups is 2. The van der Waals surface area contributed by atoms with E-state index in [2.05, 4.69) is 21.2 Å². The fraction of sp³-hybridized carbons (Fsp3) is 0.222. The van der Waals surface area contributed by atoms with E-state index in [1.807, 2.05) is 19.1 Å². The van der Waals surface area contributed by atoms with Crippen molar-refractivity contribution in [2.24, 2.45) is 0 Å². The number of carbonyl (C=O) groups excluding carboxylic acids is 2. The number of hydrogen-bond donors (Lipinski definition) is 1. The van der Waals surface area contributed by atoms with Crippen molar-refractivity contribution in [2.45, 2.75) is 20.0 Å². The topological polar surface area (TPSA) is 64.6 Å². The third kappa shape index (κ3) is 5.86. The molecule has 132 valence electrons. The minimum Gasteiger partial charge on any atom is -0.481 e. The molecule has 0 heterocycles. The molecular weight excluding hydrogens is 393 g/mol. The zero-order valence-corrected chi connectivity index (χ0v) is 15.3. The van der Waals surface area contributed by atoms with E-state index in [-0.39, 0.29) is 6.61 Å². The Morgan fingerprint density at radius 1 is 1.20 bits per heavy atom. The average molecular weight is 410 g/mol. The molecule has 2 aromatic carbocycles. The van der Waals surface area contributed by atoms with Crippen LogP contribution >= 0.6 is 15.9 Å². The van der Waals surface area contributed by atoms with Crippen molar-refractivity contribution in [1.29, 1.82) is 0 Å². The standard InChI is InChI=1S/C18H17BrFNO4/c1-11-3-8-16(15(19)9-11)24-10-17(22)25-12(2)18(23)21-14-6-4-13(20)5-7-14/h3-9,12H,10H2,1-2H3,(H,21,23)/t12-/m0/s1. The number of anilines is 1. The average Bonchev–Trinajstić information content (AvgIpc) is 2.56. The first-order valence-corrected chi connectivity index (χ1v) is 8.29. The van der Waals surface area contributed by atoms with Crippen molar-refractivity contribution in [1.82, 2.24) is 0 Å². The number of hydrogen-bond acceptors (Lipinski definition) is 4. The van der Waals surface area contributed by atoms with Gasteiger partial charge in [0.2, 0.25) is 0 Å². The maximum absolute atomic E-state index is 12.8. The summed E-state index contributed by atoms with van der Waals surface area (Å²) in [5.74, 6) is -1.09. The summed E-state index contributed by atoms with van der Waals surface area (Å²) in [6.45, 7) is 3.05. The molecule has 0 aliphatic rings. The molecule has 0 unspecified atom stereocenters. The number of rotatable bonds is 6. The normalized spacial score (nSPS) is 11.5. The third-order valence-electron chi connectivity index (χ3n) is 3.22. The zero-order chi connectivity index (χ0) is 18.4. The minimum atomic E-state index is -1.01. The van der Waals surface area contributed by atoms with Gasteiger partial charge in [-0.05, 0) is 71.7 Å². The summed E-state index contributed by atoms with van der Waals surface area (Å²) in [4.78, 5) is 23.8. The maximum Gasteiger partial charge on any atom is 0.344 e. The summed E-state index contributed by atoms with van der Waals surface area (Å²) in [7, 11) is 0. The lowest BCUT2D eigenvalue weighted by Gasteiger charge is -2.14. The minimum absolute atomic E-state index is 0.324. The van der Waals surface area contributed by atoms with E-state index in [1.165, 1.54) is 31.2 Å². The van der Waals surface area contributed by atoms with Crippen molar-refractivity contribution in [2.75, 3.05) is 11.9 Å². The van der Waals surface area contributed by atoms with Gasteiger partial charge in [-0.15, -0.1) is 0 Å². The van der Waals surface area contributed by atoms with E-state index >= 15 is 0 Å². The Morgan fingerprint density at radius 3 is 2.52 bits per heavy atom. The van der Waals surface area contributed by atoms with Crippen molar-refractivity contribution in [3.05, 3.63) is 58.3 Å². The van der Waals surface area contributed by atoms with Gasteiger partial charge in [-0.1, -0.05) is 6.07 Å². The Balaban J connectivity index is 1.82. The lowest BCUT2D eigenvalue weighted by molar-refractivity contribution is -0.155. The molecule has 25 heavy (non-hydrogen) atoms. The lowest BCUT2D eigenvalue weighted by atomic mass is 10.2. The van der Waals surface area contributed by atoms with Gasteiger partial charge in [0.05, 0.1) is 4.47 Å². The molecule has 2 rings (SSSR count). The Labute approximate surface area is 153 Å². The van der Waals surface area contributed by atoms with E-state index in [0.717, 1.165) is 10.0 Å². The largest absolute Gasteiger partial charge is 0.481 e. The Kier molecular flexibility index (Phi) is 6.52. The van der Waals surface area contributed by atoms with Gasteiger partial charge in [-0.2, -0.15) is 0 Å². The van der Waals surface area contributed by atoms with Crippen LogP contribution in [0.5, 0.6) is 5.75 Å². The van der Waals surface area contributed by atoms with Gasteiger partial charge in [-0.3, -0.25) is 4.79 Å². The van der Waals surface area contributed by atoms with Crippen molar-refractivity contribution in [3.63, 3.8) is 0 Å². The summed E-state index contributed by atoms with van der Waals surface area (Å²) in [6.07, 6.45) is -1.01. The monoisotopic (exact) mass is 409 g/mol. The number of halogens is 2. The van der Waals surface area contributed by atoms with E-state index in [9.17, 15) is 14.0 Å². The maximum atomic E-state index is 12.8. The number of aryl methyl sites for hydroxylation is 1. The Morgan fingerprint density at radius 2 is 1.88 bits per heavy atom. The van der Waals surface area contributed by atoms with Crippen LogP contribution in [0.25, 0.3) is 0 Å². The third-order valence-corrected chi connectivity index (χ3v) is 3.84. The molecule has 0 saturated carbocycles. The van der Waals surface area contributed by atoms with Gasteiger partial charge in [-0.25, -0.2) is 9.18 Å². The predicted octanol–water partition coefficient (Wildman–Crippen LogP) is 3.85. The number of benzene rings is 2. The van der Waals surface area contributed by atoms with Crippen LogP contribution in [0.4, 0.5) is 10.1 Å². The Hall–Kier alpha value is -2.41.